The van der Waals surface area contributed by atoms with Crippen molar-refractivity contribution in [1.29, 1.82) is 0 Å². The Morgan fingerprint density at radius 1 is 1.41 bits per heavy atom. The lowest BCUT2D eigenvalue weighted by Crippen LogP contribution is -2.51. The van der Waals surface area contributed by atoms with Gasteiger partial charge in [0.25, 0.3) is 0 Å². The number of nitrogens with two attached hydrogens (primary N) is 1. The fourth-order valence-electron chi connectivity index (χ4n) is 2.61. The van der Waals surface area contributed by atoms with Crippen molar-refractivity contribution < 1.29 is 9.90 Å². The van der Waals surface area contributed by atoms with E-state index in [-0.39, 0.29) is 11.3 Å². The smallest absolute Gasteiger partial charge is 0.239 e. The van der Waals surface area contributed by atoms with Gasteiger partial charge in [-0.15, -0.1) is 0 Å². The Morgan fingerprint density at radius 2 is 2.00 bits per heavy atom. The molecular weight excluding hydrogens is 216 g/mol. The van der Waals surface area contributed by atoms with Gasteiger partial charge >= 0.3 is 0 Å². The second-order valence-corrected chi connectivity index (χ2v) is 5.94. The van der Waals surface area contributed by atoms with E-state index in [0.717, 1.165) is 6.42 Å². The third-order valence-corrected chi connectivity index (χ3v) is 3.72. The monoisotopic (exact) mass is 242 g/mol. The molecule has 0 aromatic rings. The fourth-order valence-corrected chi connectivity index (χ4v) is 2.61. The number of carbonyl (C=O) groups is 1. The number of aliphatic hydroxyl groups excluding tert-OH is 1. The summed E-state index contributed by atoms with van der Waals surface area (Å²) < 4.78 is 0. The molecule has 0 heterocycles. The van der Waals surface area contributed by atoms with Gasteiger partial charge in [-0.2, -0.15) is 0 Å². The van der Waals surface area contributed by atoms with Crippen LogP contribution < -0.4 is 11.1 Å². The van der Waals surface area contributed by atoms with Gasteiger partial charge in [-0.25, -0.2) is 0 Å². The van der Waals surface area contributed by atoms with Gasteiger partial charge in [0.1, 0.15) is 6.04 Å². The molecule has 0 aromatic heterocycles. The summed E-state index contributed by atoms with van der Waals surface area (Å²) in [5, 5.41) is 12.1. The van der Waals surface area contributed by atoms with E-state index in [1.54, 1.807) is 0 Å². The Bertz CT molecular complexity index is 260. The molecule has 1 aliphatic rings. The van der Waals surface area contributed by atoms with E-state index in [1.165, 1.54) is 26.2 Å². The van der Waals surface area contributed by atoms with Gasteiger partial charge in [-0.1, -0.05) is 20.3 Å². The summed E-state index contributed by atoms with van der Waals surface area (Å²) in [4.78, 5) is 11.7. The number of nitrogens with one attached hydrogen (secondary N) is 1. The quantitative estimate of drug-likeness (QED) is 0.651. The number of aliphatic hydroxyl groups is 1. The number of carbonyl (C=O) groups excluding carboxylic acids is 1. The molecule has 1 amide bonds. The lowest BCUT2D eigenvalue weighted by atomic mass is 9.64. The van der Waals surface area contributed by atoms with E-state index >= 15 is 0 Å². The second kappa shape index (κ2) is 5.83. The third kappa shape index (κ3) is 3.96. The highest BCUT2D eigenvalue weighted by molar-refractivity contribution is 5.82. The number of amides is 1. The van der Waals surface area contributed by atoms with Crippen molar-refractivity contribution in [3.05, 3.63) is 0 Å². The Balaban J connectivity index is 2.40. The molecular formula is C13H26N2O2. The molecule has 0 saturated heterocycles. The van der Waals surface area contributed by atoms with Crippen LogP contribution in [0.1, 0.15) is 46.5 Å². The molecule has 17 heavy (non-hydrogen) atoms. The van der Waals surface area contributed by atoms with Crippen LogP contribution in [0, 0.1) is 11.3 Å². The minimum Gasteiger partial charge on any atom is -0.391 e. The second-order valence-electron chi connectivity index (χ2n) is 5.94. The van der Waals surface area contributed by atoms with Crippen LogP contribution in [0.2, 0.25) is 0 Å². The SMILES string of the molecule is CC(C)CC1(CNC(=O)[C@@H](N)[C@@H](C)O)CCC1. The van der Waals surface area contributed by atoms with Crippen molar-refractivity contribution in [1.82, 2.24) is 5.32 Å². The molecule has 0 radical (unpaired) electrons. The van der Waals surface area contributed by atoms with E-state index in [9.17, 15) is 9.90 Å². The molecule has 0 unspecified atom stereocenters. The van der Waals surface area contributed by atoms with Gasteiger partial charge in [0.2, 0.25) is 5.91 Å². The number of rotatable bonds is 6. The maximum absolute atomic E-state index is 11.7. The lowest BCUT2D eigenvalue weighted by Gasteiger charge is -2.43. The predicted molar refractivity (Wildman–Crippen MR) is 68.4 cm³/mol. The van der Waals surface area contributed by atoms with Gasteiger partial charge in [-0.05, 0) is 37.5 Å². The van der Waals surface area contributed by atoms with Crippen molar-refractivity contribution in [2.24, 2.45) is 17.1 Å². The maximum Gasteiger partial charge on any atom is 0.239 e. The predicted octanol–water partition coefficient (Wildman–Crippen LogP) is 1.03. The Labute approximate surface area is 104 Å². The molecule has 1 saturated carbocycles. The number of hydrogen-bond acceptors (Lipinski definition) is 3. The Hall–Kier alpha value is -0.610. The third-order valence-electron chi connectivity index (χ3n) is 3.72. The van der Waals surface area contributed by atoms with Gasteiger partial charge < -0.3 is 16.2 Å². The summed E-state index contributed by atoms with van der Waals surface area (Å²) in [6.45, 7) is 6.66. The van der Waals surface area contributed by atoms with E-state index in [4.69, 9.17) is 5.73 Å². The molecule has 0 spiro atoms. The highest BCUT2D eigenvalue weighted by atomic mass is 16.3. The fraction of sp³-hybridized carbons (Fsp3) is 0.923. The molecule has 4 nitrogen and oxygen atoms in total. The maximum atomic E-state index is 11.7. The van der Waals surface area contributed by atoms with E-state index < -0.39 is 12.1 Å². The van der Waals surface area contributed by atoms with Gasteiger partial charge in [0, 0.05) is 6.54 Å². The number of hydrogen-bond donors (Lipinski definition) is 3. The lowest BCUT2D eigenvalue weighted by molar-refractivity contribution is -0.125. The van der Waals surface area contributed by atoms with Crippen LogP contribution in [0.4, 0.5) is 0 Å². The first-order chi connectivity index (χ1) is 7.86. The summed E-state index contributed by atoms with van der Waals surface area (Å²) in [7, 11) is 0. The summed E-state index contributed by atoms with van der Waals surface area (Å²) >= 11 is 0. The largest absolute Gasteiger partial charge is 0.391 e. The first kappa shape index (κ1) is 14.5. The Morgan fingerprint density at radius 3 is 2.35 bits per heavy atom. The molecule has 2 atom stereocenters. The zero-order valence-electron chi connectivity index (χ0n) is 11.2. The molecule has 4 heteroatoms. The highest BCUT2D eigenvalue weighted by Crippen LogP contribution is 2.45. The standard InChI is InChI=1S/C13H26N2O2/c1-9(2)7-13(5-4-6-13)8-15-12(17)11(14)10(3)16/h9-11,16H,4-8,14H2,1-3H3,(H,15,17)/t10-,11+/m1/s1. The molecule has 0 bridgehead atoms. The molecule has 1 aliphatic carbocycles. The van der Waals surface area contributed by atoms with E-state index in [2.05, 4.69) is 19.2 Å². The van der Waals surface area contributed by atoms with Crippen molar-refractivity contribution in [3.8, 4) is 0 Å². The summed E-state index contributed by atoms with van der Waals surface area (Å²) in [6.07, 6.45) is 3.99. The van der Waals surface area contributed by atoms with Crippen LogP contribution in [0.15, 0.2) is 0 Å². The van der Waals surface area contributed by atoms with Crippen LogP contribution in [0.5, 0.6) is 0 Å². The van der Waals surface area contributed by atoms with Crippen molar-refractivity contribution in [2.75, 3.05) is 6.54 Å². The van der Waals surface area contributed by atoms with Gasteiger partial charge in [0.15, 0.2) is 0 Å². The highest BCUT2D eigenvalue weighted by Gasteiger charge is 2.37. The molecule has 0 aromatic carbocycles. The summed E-state index contributed by atoms with van der Waals surface area (Å²) in [5.74, 6) is 0.410. The first-order valence-electron chi connectivity index (χ1n) is 6.58. The Kier molecular flexibility index (Phi) is 4.95. The van der Waals surface area contributed by atoms with Crippen LogP contribution in [-0.4, -0.2) is 29.7 Å². The van der Waals surface area contributed by atoms with Crippen LogP contribution in [-0.2, 0) is 4.79 Å². The topological polar surface area (TPSA) is 75.4 Å². The minimum absolute atomic E-state index is 0.241. The average molecular weight is 242 g/mol. The van der Waals surface area contributed by atoms with Gasteiger partial charge in [0.05, 0.1) is 6.10 Å². The van der Waals surface area contributed by atoms with Crippen molar-refractivity contribution >= 4 is 5.91 Å². The molecule has 4 N–H and O–H groups in total. The van der Waals surface area contributed by atoms with Crippen LogP contribution >= 0.6 is 0 Å². The average Bonchev–Trinajstić information content (AvgIpc) is 2.19. The zero-order valence-corrected chi connectivity index (χ0v) is 11.2. The van der Waals surface area contributed by atoms with Gasteiger partial charge in [-0.3, -0.25) is 4.79 Å². The normalized spacial score (nSPS) is 21.8. The molecule has 1 fully saturated rings. The van der Waals surface area contributed by atoms with E-state index in [1.807, 2.05) is 0 Å². The zero-order chi connectivity index (χ0) is 13.1. The molecule has 100 valence electrons. The summed E-state index contributed by atoms with van der Waals surface area (Å²) in [5.41, 5.74) is 5.87. The van der Waals surface area contributed by atoms with Crippen LogP contribution in [0.3, 0.4) is 0 Å². The molecule has 0 aliphatic heterocycles. The van der Waals surface area contributed by atoms with Crippen molar-refractivity contribution in [2.45, 2.75) is 58.6 Å². The molecule has 1 rings (SSSR count). The minimum atomic E-state index is -0.814. The van der Waals surface area contributed by atoms with Crippen molar-refractivity contribution in [3.63, 3.8) is 0 Å². The first-order valence-corrected chi connectivity index (χ1v) is 6.58. The van der Waals surface area contributed by atoms with E-state index in [0.29, 0.717) is 12.5 Å². The van der Waals surface area contributed by atoms with Crippen LogP contribution in [0.25, 0.3) is 0 Å². The summed E-state index contributed by atoms with van der Waals surface area (Å²) in [6, 6.07) is -0.814.